The Morgan fingerprint density at radius 1 is 0.921 bits per heavy atom. The Labute approximate surface area is 216 Å². The molecule has 2 aliphatic heterocycles. The van der Waals surface area contributed by atoms with E-state index in [1.54, 1.807) is 13.0 Å². The minimum atomic E-state index is -1.55. The van der Waals surface area contributed by atoms with E-state index in [9.17, 15) is 40.9 Å². The number of anilines is 1. The molecule has 4 rings (SSSR count). The van der Waals surface area contributed by atoms with Gasteiger partial charge in [0.25, 0.3) is 0 Å². The van der Waals surface area contributed by atoms with Gasteiger partial charge in [-0.3, -0.25) is 4.57 Å². The van der Waals surface area contributed by atoms with Crippen LogP contribution in [0.2, 0.25) is 0 Å². The van der Waals surface area contributed by atoms with E-state index in [4.69, 9.17) is 14.2 Å². The second-order valence-electron chi connectivity index (χ2n) is 9.21. The van der Waals surface area contributed by atoms with Crippen molar-refractivity contribution in [1.29, 1.82) is 0 Å². The van der Waals surface area contributed by atoms with Crippen molar-refractivity contribution >= 4 is 17.0 Å². The number of imidazole rings is 1. The molecule has 16 nitrogen and oxygen atoms in total. The lowest BCUT2D eigenvalue weighted by Gasteiger charge is -2.40. The standard InChI is InChI=1S/C22H33N5O11/c1-9(6-36-22-18(35)16(33)14(31)11(5-29)38-22)2-3-23-19-12-20(25-7-24-19)27(8-26-12)21-17(34)15(32)13(30)10(4-28)37-21/h2,7-8,10-11,13-18,21-22,28-35H,3-6H2,1H3,(H,23,24,25)/b9-2+/t10-,11-,13-,14-,15+,16+,17-,18-,21-,22-/m1/s1. The number of ether oxygens (including phenoxy) is 3. The van der Waals surface area contributed by atoms with Crippen molar-refractivity contribution in [3.8, 4) is 0 Å². The van der Waals surface area contributed by atoms with E-state index in [0.717, 1.165) is 5.57 Å². The van der Waals surface area contributed by atoms with Crippen LogP contribution >= 0.6 is 0 Å². The average molecular weight is 544 g/mol. The summed E-state index contributed by atoms with van der Waals surface area (Å²) in [6.45, 7) is 0.942. The summed E-state index contributed by atoms with van der Waals surface area (Å²) in [7, 11) is 0. The maximum atomic E-state index is 10.4. The predicted octanol–water partition coefficient (Wildman–Crippen LogP) is -4.03. The zero-order valence-corrected chi connectivity index (χ0v) is 20.4. The van der Waals surface area contributed by atoms with E-state index in [1.807, 2.05) is 0 Å². The number of aliphatic hydroxyl groups is 8. The van der Waals surface area contributed by atoms with Crippen molar-refractivity contribution in [2.75, 3.05) is 31.7 Å². The summed E-state index contributed by atoms with van der Waals surface area (Å²) in [6.07, 6.45) is -9.23. The van der Waals surface area contributed by atoms with Crippen LogP contribution in [0, 0.1) is 0 Å². The van der Waals surface area contributed by atoms with Gasteiger partial charge in [-0.1, -0.05) is 6.08 Å². The molecule has 16 heteroatoms. The lowest BCUT2D eigenvalue weighted by molar-refractivity contribution is -0.299. The van der Waals surface area contributed by atoms with Crippen molar-refractivity contribution in [3.05, 3.63) is 24.3 Å². The summed E-state index contributed by atoms with van der Waals surface area (Å²) < 4.78 is 17.8. The molecule has 0 bridgehead atoms. The number of nitrogens with zero attached hydrogens (tertiary/aromatic N) is 4. The maximum absolute atomic E-state index is 10.4. The van der Waals surface area contributed by atoms with Crippen LogP contribution in [0.15, 0.2) is 24.3 Å². The molecule has 212 valence electrons. The van der Waals surface area contributed by atoms with E-state index in [2.05, 4.69) is 20.3 Å². The summed E-state index contributed by atoms with van der Waals surface area (Å²) in [5.41, 5.74) is 1.35. The van der Waals surface area contributed by atoms with Crippen LogP contribution in [0.5, 0.6) is 0 Å². The number of hydrogen-bond acceptors (Lipinski definition) is 15. The van der Waals surface area contributed by atoms with E-state index in [1.165, 1.54) is 17.2 Å². The molecule has 0 spiro atoms. The van der Waals surface area contributed by atoms with Gasteiger partial charge in [0.15, 0.2) is 29.5 Å². The number of aliphatic hydroxyl groups excluding tert-OH is 8. The monoisotopic (exact) mass is 543 g/mol. The van der Waals surface area contributed by atoms with Crippen molar-refractivity contribution in [3.63, 3.8) is 0 Å². The molecule has 0 saturated carbocycles. The second kappa shape index (κ2) is 12.2. The molecule has 2 aromatic heterocycles. The SMILES string of the molecule is C/C(=C\CNc1ncnc2c1ncn2[C@@H]1O[C@H](CO)[C@@H](O)[C@H](O)[C@H]1O)CO[C@@H]1O[C@H](CO)[C@@H](O)[C@H](O)[C@H]1O. The first kappa shape index (κ1) is 28.7. The van der Waals surface area contributed by atoms with Crippen molar-refractivity contribution in [2.24, 2.45) is 0 Å². The first-order chi connectivity index (χ1) is 18.2. The van der Waals surface area contributed by atoms with Crippen LogP contribution in [0.3, 0.4) is 0 Å². The van der Waals surface area contributed by atoms with E-state index >= 15 is 0 Å². The molecule has 0 radical (unpaired) electrons. The number of rotatable bonds is 9. The fourth-order valence-electron chi connectivity index (χ4n) is 4.28. The van der Waals surface area contributed by atoms with Crippen molar-refractivity contribution in [1.82, 2.24) is 19.5 Å². The van der Waals surface area contributed by atoms with Gasteiger partial charge in [0.05, 0.1) is 26.1 Å². The molecule has 0 aliphatic carbocycles. The summed E-state index contributed by atoms with van der Waals surface area (Å²) >= 11 is 0. The van der Waals surface area contributed by atoms with Gasteiger partial charge in [0.2, 0.25) is 0 Å². The molecule has 10 atom stereocenters. The number of fused-ring (bicyclic) bond motifs is 1. The maximum Gasteiger partial charge on any atom is 0.187 e. The highest BCUT2D eigenvalue weighted by atomic mass is 16.7. The van der Waals surface area contributed by atoms with Gasteiger partial charge in [-0.15, -0.1) is 0 Å². The van der Waals surface area contributed by atoms with Crippen LogP contribution in [0.1, 0.15) is 13.2 Å². The molecular weight excluding hydrogens is 510 g/mol. The van der Waals surface area contributed by atoms with Crippen LogP contribution < -0.4 is 5.32 Å². The quantitative estimate of drug-likeness (QED) is 0.137. The molecule has 0 aromatic carbocycles. The van der Waals surface area contributed by atoms with Crippen molar-refractivity contribution in [2.45, 2.75) is 68.3 Å². The number of hydrogen-bond donors (Lipinski definition) is 9. The predicted molar refractivity (Wildman–Crippen MR) is 126 cm³/mol. The Hall–Kier alpha value is -2.35. The summed E-state index contributed by atoms with van der Waals surface area (Å²) in [4.78, 5) is 12.6. The molecule has 2 saturated heterocycles. The average Bonchev–Trinajstić information content (AvgIpc) is 3.35. The highest BCUT2D eigenvalue weighted by molar-refractivity contribution is 5.82. The first-order valence-electron chi connectivity index (χ1n) is 12.0. The Balaban J connectivity index is 1.39. The molecule has 2 fully saturated rings. The molecule has 4 heterocycles. The minimum Gasteiger partial charge on any atom is -0.394 e. The van der Waals surface area contributed by atoms with Gasteiger partial charge in [0, 0.05) is 6.54 Å². The van der Waals surface area contributed by atoms with E-state index < -0.39 is 74.6 Å². The first-order valence-corrected chi connectivity index (χ1v) is 12.0. The summed E-state index contributed by atoms with van der Waals surface area (Å²) in [5.74, 6) is 0.359. The van der Waals surface area contributed by atoms with Crippen LogP contribution in [0.4, 0.5) is 5.82 Å². The molecule has 9 N–H and O–H groups in total. The Bertz CT molecular complexity index is 1100. The van der Waals surface area contributed by atoms with Gasteiger partial charge in [-0.25, -0.2) is 15.0 Å². The van der Waals surface area contributed by atoms with Gasteiger partial charge >= 0.3 is 0 Å². The topological polar surface area (TPSA) is 245 Å². The summed E-state index contributed by atoms with van der Waals surface area (Å²) in [5, 5.41) is 82.1. The normalized spacial score (nSPS) is 36.5. The zero-order chi connectivity index (χ0) is 27.6. The van der Waals surface area contributed by atoms with Gasteiger partial charge in [-0.2, -0.15) is 0 Å². The Kier molecular flexibility index (Phi) is 9.22. The Morgan fingerprint density at radius 3 is 2.26 bits per heavy atom. The van der Waals surface area contributed by atoms with Gasteiger partial charge in [0.1, 0.15) is 55.2 Å². The Morgan fingerprint density at radius 2 is 1.58 bits per heavy atom. The number of aromatic nitrogens is 4. The van der Waals surface area contributed by atoms with Gasteiger partial charge < -0.3 is 60.4 Å². The third-order valence-electron chi connectivity index (χ3n) is 6.54. The molecule has 0 amide bonds. The van der Waals surface area contributed by atoms with Crippen LogP contribution in [-0.2, 0) is 14.2 Å². The van der Waals surface area contributed by atoms with Gasteiger partial charge in [-0.05, 0) is 12.5 Å². The lowest BCUT2D eigenvalue weighted by Crippen LogP contribution is -2.59. The van der Waals surface area contributed by atoms with E-state index in [0.29, 0.717) is 11.3 Å². The highest BCUT2D eigenvalue weighted by Gasteiger charge is 2.45. The van der Waals surface area contributed by atoms with Crippen LogP contribution in [-0.4, -0.2) is 142 Å². The fraction of sp³-hybridized carbons (Fsp3) is 0.682. The van der Waals surface area contributed by atoms with Crippen molar-refractivity contribution < 1.29 is 55.1 Å². The fourth-order valence-corrected chi connectivity index (χ4v) is 4.28. The molecular formula is C22H33N5O11. The van der Waals surface area contributed by atoms with Crippen LogP contribution in [0.25, 0.3) is 11.2 Å². The highest BCUT2D eigenvalue weighted by Crippen LogP contribution is 2.31. The number of nitrogens with one attached hydrogen (secondary N) is 1. The third kappa shape index (κ3) is 5.65. The molecule has 38 heavy (non-hydrogen) atoms. The zero-order valence-electron chi connectivity index (χ0n) is 20.4. The molecule has 2 aliphatic rings. The lowest BCUT2D eigenvalue weighted by atomic mass is 9.98. The van der Waals surface area contributed by atoms with E-state index in [-0.39, 0.29) is 18.8 Å². The molecule has 2 aromatic rings. The minimum absolute atomic E-state index is 0.0231. The smallest absolute Gasteiger partial charge is 0.187 e. The summed E-state index contributed by atoms with van der Waals surface area (Å²) in [6, 6.07) is 0. The third-order valence-corrected chi connectivity index (χ3v) is 6.54. The second-order valence-corrected chi connectivity index (χ2v) is 9.21. The molecule has 0 unspecified atom stereocenters. The largest absolute Gasteiger partial charge is 0.394 e.